The van der Waals surface area contributed by atoms with Gasteiger partial charge < -0.3 is 9.47 Å². The molecule has 0 aliphatic carbocycles. The Hall–Kier alpha value is -3.01. The zero-order valence-electron chi connectivity index (χ0n) is 17.4. The molecule has 166 valence electrons. The van der Waals surface area contributed by atoms with E-state index in [0.717, 1.165) is 12.5 Å². The predicted molar refractivity (Wildman–Crippen MR) is 112 cm³/mol. The fourth-order valence-electron chi connectivity index (χ4n) is 3.37. The minimum Gasteiger partial charge on any atom is -0.465 e. The second-order valence-corrected chi connectivity index (χ2v) is 9.89. The van der Waals surface area contributed by atoms with E-state index in [1.165, 1.54) is 18.0 Å². The van der Waals surface area contributed by atoms with Gasteiger partial charge in [-0.05, 0) is 37.6 Å². The number of nitrogens with zero attached hydrogens (tertiary/aromatic N) is 2. The lowest BCUT2D eigenvalue weighted by Gasteiger charge is -2.27. The van der Waals surface area contributed by atoms with Gasteiger partial charge in [0.1, 0.15) is 11.9 Å². The third-order valence-corrected chi connectivity index (χ3v) is 7.25. The van der Waals surface area contributed by atoms with Gasteiger partial charge in [-0.25, -0.2) is 17.6 Å². The van der Waals surface area contributed by atoms with Crippen molar-refractivity contribution in [3.8, 4) is 11.1 Å². The summed E-state index contributed by atoms with van der Waals surface area (Å²) in [5.41, 5.74) is 1.49. The second-order valence-electron chi connectivity index (χ2n) is 7.45. The molecule has 0 saturated carbocycles. The molecule has 1 aliphatic heterocycles. The third-order valence-electron chi connectivity index (χ3n) is 5.28. The molecule has 0 N–H and O–H groups in total. The van der Waals surface area contributed by atoms with E-state index in [2.05, 4.69) is 4.98 Å². The summed E-state index contributed by atoms with van der Waals surface area (Å²) in [7, 11) is -3.84. The number of hydrogen-bond acceptors (Lipinski definition) is 7. The highest BCUT2D eigenvalue weighted by molar-refractivity contribution is 7.92. The Kier molecular flexibility index (Phi) is 6.30. The highest BCUT2D eigenvalue weighted by atomic mass is 32.2. The molecule has 8 nitrogen and oxygen atoms in total. The normalized spacial score (nSPS) is 18.4. The number of esters is 1. The zero-order chi connectivity index (χ0) is 22.8. The molecule has 0 spiro atoms. The molecular formula is C21H23FN2O6S. The number of rotatable bonds is 7. The van der Waals surface area contributed by atoms with Crippen LogP contribution in [0.15, 0.2) is 42.7 Å². The standard InChI is InChI=1S/C21H23FN2O6S/c1-4-29-19(25)21(2,31(3,27)28)11-16-13-24(20(26)30-16)15-7-5-14(6-8-15)17-9-10-23-12-18(17)22/h5-10,12,16H,4,11,13H2,1-3H3/t16-,21?/m0/s1. The maximum Gasteiger partial charge on any atom is 0.414 e. The van der Waals surface area contributed by atoms with Gasteiger partial charge in [0.05, 0.1) is 19.3 Å². The zero-order valence-corrected chi connectivity index (χ0v) is 18.2. The Balaban J connectivity index is 1.78. The largest absolute Gasteiger partial charge is 0.465 e. The molecule has 10 heteroatoms. The lowest BCUT2D eigenvalue weighted by atomic mass is 10.0. The fraction of sp³-hybridized carbons (Fsp3) is 0.381. The smallest absolute Gasteiger partial charge is 0.414 e. The number of anilines is 1. The second kappa shape index (κ2) is 8.62. The van der Waals surface area contributed by atoms with Crippen molar-refractivity contribution < 1.29 is 31.9 Å². The van der Waals surface area contributed by atoms with Gasteiger partial charge in [0.25, 0.3) is 0 Å². The van der Waals surface area contributed by atoms with Crippen LogP contribution in [0.5, 0.6) is 0 Å². The minimum atomic E-state index is -3.84. The van der Waals surface area contributed by atoms with Gasteiger partial charge in [0.15, 0.2) is 14.6 Å². The van der Waals surface area contributed by atoms with E-state index < -0.39 is 38.6 Å². The summed E-state index contributed by atoms with van der Waals surface area (Å²) in [4.78, 5) is 29.8. The van der Waals surface area contributed by atoms with Gasteiger partial charge in [-0.3, -0.25) is 14.7 Å². The molecule has 1 saturated heterocycles. The molecule has 0 radical (unpaired) electrons. The summed E-state index contributed by atoms with van der Waals surface area (Å²) in [6.45, 7) is 2.95. The molecule has 1 aromatic carbocycles. The number of carbonyl (C=O) groups is 2. The van der Waals surface area contributed by atoms with Crippen LogP contribution in [-0.4, -0.2) is 55.7 Å². The molecule has 0 bridgehead atoms. The molecule has 2 aromatic rings. The van der Waals surface area contributed by atoms with Gasteiger partial charge in [-0.15, -0.1) is 0 Å². The van der Waals surface area contributed by atoms with Gasteiger partial charge in [-0.1, -0.05) is 12.1 Å². The fourth-order valence-corrected chi connectivity index (χ4v) is 4.22. The summed E-state index contributed by atoms with van der Waals surface area (Å²) in [5.74, 6) is -1.34. The Morgan fingerprint density at radius 3 is 2.58 bits per heavy atom. The number of sulfone groups is 1. The first-order valence-electron chi connectivity index (χ1n) is 9.61. The van der Waals surface area contributed by atoms with Crippen LogP contribution in [-0.2, 0) is 24.1 Å². The van der Waals surface area contributed by atoms with E-state index in [9.17, 15) is 22.4 Å². The number of carbonyl (C=O) groups excluding carboxylic acids is 2. The van der Waals surface area contributed by atoms with Crippen LogP contribution in [0.3, 0.4) is 0 Å². The Bertz CT molecular complexity index is 1090. The molecule has 31 heavy (non-hydrogen) atoms. The Morgan fingerprint density at radius 2 is 2.00 bits per heavy atom. The van der Waals surface area contributed by atoms with Crippen LogP contribution in [0.2, 0.25) is 0 Å². The van der Waals surface area contributed by atoms with E-state index in [-0.39, 0.29) is 19.6 Å². The van der Waals surface area contributed by atoms with Crippen LogP contribution in [0, 0.1) is 5.82 Å². The predicted octanol–water partition coefficient (Wildman–Crippen LogP) is 2.97. The number of hydrogen-bond donors (Lipinski definition) is 0. The molecule has 1 fully saturated rings. The van der Waals surface area contributed by atoms with Crippen LogP contribution >= 0.6 is 0 Å². The lowest BCUT2D eigenvalue weighted by Crippen LogP contribution is -2.47. The van der Waals surface area contributed by atoms with Crippen molar-refractivity contribution in [2.24, 2.45) is 0 Å². The van der Waals surface area contributed by atoms with Crippen LogP contribution in [0.4, 0.5) is 14.9 Å². The van der Waals surface area contributed by atoms with Gasteiger partial charge in [-0.2, -0.15) is 0 Å². The lowest BCUT2D eigenvalue weighted by molar-refractivity contribution is -0.146. The van der Waals surface area contributed by atoms with Crippen molar-refractivity contribution in [2.75, 3.05) is 24.3 Å². The van der Waals surface area contributed by atoms with E-state index in [4.69, 9.17) is 9.47 Å². The Labute approximate surface area is 179 Å². The van der Waals surface area contributed by atoms with Crippen molar-refractivity contribution in [1.29, 1.82) is 0 Å². The number of ether oxygens (including phenoxy) is 2. The van der Waals surface area contributed by atoms with Crippen molar-refractivity contribution in [3.05, 3.63) is 48.5 Å². The summed E-state index contributed by atoms with van der Waals surface area (Å²) in [6, 6.07) is 8.15. The molecule has 1 unspecified atom stereocenters. The van der Waals surface area contributed by atoms with Crippen molar-refractivity contribution >= 4 is 27.6 Å². The molecular weight excluding hydrogens is 427 g/mol. The Morgan fingerprint density at radius 1 is 1.32 bits per heavy atom. The average Bonchev–Trinajstić information content (AvgIpc) is 3.07. The number of cyclic esters (lactones) is 1. The molecule has 1 amide bonds. The highest BCUT2D eigenvalue weighted by Crippen LogP contribution is 2.32. The summed E-state index contributed by atoms with van der Waals surface area (Å²) in [5, 5.41) is 0. The van der Waals surface area contributed by atoms with Crippen molar-refractivity contribution in [2.45, 2.75) is 31.1 Å². The van der Waals surface area contributed by atoms with E-state index in [1.807, 2.05) is 0 Å². The average molecular weight is 450 g/mol. The number of benzene rings is 1. The van der Waals surface area contributed by atoms with Crippen LogP contribution in [0.25, 0.3) is 11.1 Å². The molecule has 1 aliphatic rings. The first-order chi connectivity index (χ1) is 14.6. The maximum atomic E-state index is 13.9. The molecule has 3 rings (SSSR count). The number of aromatic nitrogens is 1. The number of amides is 1. The highest BCUT2D eigenvalue weighted by Gasteiger charge is 2.49. The summed E-state index contributed by atoms with van der Waals surface area (Å²) >= 11 is 0. The monoisotopic (exact) mass is 450 g/mol. The van der Waals surface area contributed by atoms with Gasteiger partial charge >= 0.3 is 12.1 Å². The molecule has 1 aromatic heterocycles. The molecule has 2 atom stereocenters. The van der Waals surface area contributed by atoms with Gasteiger partial charge in [0, 0.05) is 30.1 Å². The first kappa shape index (κ1) is 22.7. The van der Waals surface area contributed by atoms with E-state index in [1.54, 1.807) is 37.3 Å². The van der Waals surface area contributed by atoms with E-state index >= 15 is 0 Å². The quantitative estimate of drug-likeness (QED) is 0.598. The third kappa shape index (κ3) is 4.53. The van der Waals surface area contributed by atoms with E-state index in [0.29, 0.717) is 16.8 Å². The molecule has 2 heterocycles. The number of halogens is 1. The maximum absolute atomic E-state index is 13.9. The van der Waals surface area contributed by atoms with Crippen molar-refractivity contribution in [1.82, 2.24) is 4.98 Å². The van der Waals surface area contributed by atoms with Gasteiger partial charge in [0.2, 0.25) is 0 Å². The SMILES string of the molecule is CCOC(=O)C(C)(C[C@H]1CN(c2ccc(-c3ccncc3F)cc2)C(=O)O1)S(C)(=O)=O. The number of pyridine rings is 1. The first-order valence-corrected chi connectivity index (χ1v) is 11.5. The van der Waals surface area contributed by atoms with Crippen LogP contribution < -0.4 is 4.90 Å². The topological polar surface area (TPSA) is 103 Å². The summed E-state index contributed by atoms with van der Waals surface area (Å²) < 4.78 is 47.0. The van der Waals surface area contributed by atoms with Crippen LogP contribution in [0.1, 0.15) is 20.3 Å². The summed E-state index contributed by atoms with van der Waals surface area (Å²) in [6.07, 6.45) is 1.84. The minimum absolute atomic E-state index is 0.0327. The van der Waals surface area contributed by atoms with Crippen molar-refractivity contribution in [3.63, 3.8) is 0 Å².